The summed E-state index contributed by atoms with van der Waals surface area (Å²) in [5.41, 5.74) is 1.97. The average Bonchev–Trinajstić information content (AvgIpc) is 3.07. The van der Waals surface area contributed by atoms with Gasteiger partial charge in [0, 0.05) is 26.7 Å². The highest BCUT2D eigenvalue weighted by Gasteiger charge is 2.28. The summed E-state index contributed by atoms with van der Waals surface area (Å²) in [5.74, 6) is 0.230. The fourth-order valence-corrected chi connectivity index (χ4v) is 3.44. The lowest BCUT2D eigenvalue weighted by molar-refractivity contribution is -0.131. The summed E-state index contributed by atoms with van der Waals surface area (Å²) in [7, 11) is 1.84. The van der Waals surface area contributed by atoms with E-state index < -0.39 is 0 Å². The zero-order valence-corrected chi connectivity index (χ0v) is 15.1. The van der Waals surface area contributed by atoms with Gasteiger partial charge in [0.25, 0.3) is 0 Å². The Balaban J connectivity index is 1.74. The molecule has 0 aromatic heterocycles. The Labute approximate surface area is 154 Å². The Morgan fingerprint density at radius 2 is 1.88 bits per heavy atom. The number of hydrogen-bond acceptors (Lipinski definition) is 4. The first-order valence-electron chi connectivity index (χ1n) is 9.02. The topological polar surface area (TPSA) is 64.0 Å². The van der Waals surface area contributed by atoms with Gasteiger partial charge in [-0.05, 0) is 29.7 Å². The third-order valence-corrected chi connectivity index (χ3v) is 5.02. The van der Waals surface area contributed by atoms with Gasteiger partial charge in [0.1, 0.15) is 5.75 Å². The standard InChI is InChI=1S/C21H26N2O3/c1-22(21(26)13-16-7-9-18(24)10-8-16)20(17-5-3-2-4-6-17)15-23-12-11-19(25)14-23/h2-10,19-20,24-25H,11-15H2,1H3. The number of phenolic OH excluding ortho intramolecular Hbond substituents is 1. The highest BCUT2D eigenvalue weighted by atomic mass is 16.3. The van der Waals surface area contributed by atoms with Crippen molar-refractivity contribution in [3.63, 3.8) is 0 Å². The van der Waals surface area contributed by atoms with E-state index in [0.29, 0.717) is 19.5 Å². The van der Waals surface area contributed by atoms with Gasteiger partial charge in [-0.25, -0.2) is 0 Å². The van der Waals surface area contributed by atoms with Crippen LogP contribution in [0.3, 0.4) is 0 Å². The smallest absolute Gasteiger partial charge is 0.227 e. The second-order valence-corrected chi connectivity index (χ2v) is 6.98. The molecule has 1 aliphatic heterocycles. The summed E-state index contributed by atoms with van der Waals surface area (Å²) in [6.45, 7) is 2.21. The third-order valence-electron chi connectivity index (χ3n) is 5.02. The second-order valence-electron chi connectivity index (χ2n) is 6.98. The van der Waals surface area contributed by atoms with Gasteiger partial charge in [-0.2, -0.15) is 0 Å². The van der Waals surface area contributed by atoms with Crippen LogP contribution >= 0.6 is 0 Å². The van der Waals surface area contributed by atoms with Crippen LogP contribution < -0.4 is 0 Å². The number of likely N-dealkylation sites (N-methyl/N-ethyl adjacent to an activating group) is 1. The number of amides is 1. The first-order valence-corrected chi connectivity index (χ1v) is 9.02. The molecule has 1 amide bonds. The van der Waals surface area contributed by atoms with Gasteiger partial charge in [0.05, 0.1) is 18.6 Å². The number of carbonyl (C=O) groups excluding carboxylic acids is 1. The minimum absolute atomic E-state index is 0.0317. The number of likely N-dealkylation sites (tertiary alicyclic amines) is 1. The van der Waals surface area contributed by atoms with Crippen LogP contribution in [-0.2, 0) is 11.2 Å². The van der Waals surface area contributed by atoms with Crippen LogP contribution in [0.2, 0.25) is 0 Å². The summed E-state index contributed by atoms with van der Waals surface area (Å²) in [4.78, 5) is 16.9. The third kappa shape index (κ3) is 4.62. The van der Waals surface area contributed by atoms with Gasteiger partial charge in [0.15, 0.2) is 0 Å². The van der Waals surface area contributed by atoms with E-state index in [1.54, 1.807) is 29.2 Å². The molecule has 1 heterocycles. The zero-order valence-electron chi connectivity index (χ0n) is 15.1. The number of aliphatic hydroxyl groups excluding tert-OH is 1. The molecule has 2 atom stereocenters. The normalized spacial score (nSPS) is 18.6. The van der Waals surface area contributed by atoms with Gasteiger partial charge in [0.2, 0.25) is 5.91 Å². The maximum atomic E-state index is 12.8. The van der Waals surface area contributed by atoms with Crippen molar-refractivity contribution < 1.29 is 15.0 Å². The van der Waals surface area contributed by atoms with E-state index in [-0.39, 0.29) is 23.8 Å². The van der Waals surface area contributed by atoms with Crippen LogP contribution in [0, 0.1) is 0 Å². The molecule has 1 fully saturated rings. The molecular weight excluding hydrogens is 328 g/mol. The van der Waals surface area contributed by atoms with Crippen molar-refractivity contribution in [1.29, 1.82) is 0 Å². The molecule has 2 aromatic rings. The minimum atomic E-state index is -0.274. The summed E-state index contributed by atoms with van der Waals surface area (Å²) < 4.78 is 0. The van der Waals surface area contributed by atoms with Crippen molar-refractivity contribution in [2.75, 3.05) is 26.7 Å². The Kier molecular flexibility index (Phi) is 5.91. The van der Waals surface area contributed by atoms with Gasteiger partial charge >= 0.3 is 0 Å². The molecule has 0 saturated carbocycles. The van der Waals surface area contributed by atoms with E-state index in [4.69, 9.17) is 0 Å². The molecule has 26 heavy (non-hydrogen) atoms. The maximum Gasteiger partial charge on any atom is 0.227 e. The van der Waals surface area contributed by atoms with Crippen LogP contribution in [0.15, 0.2) is 54.6 Å². The highest BCUT2D eigenvalue weighted by Crippen LogP contribution is 2.24. The summed E-state index contributed by atoms with van der Waals surface area (Å²) >= 11 is 0. The predicted molar refractivity (Wildman–Crippen MR) is 101 cm³/mol. The Morgan fingerprint density at radius 3 is 2.50 bits per heavy atom. The molecule has 1 aliphatic rings. The van der Waals surface area contributed by atoms with E-state index in [9.17, 15) is 15.0 Å². The molecule has 2 unspecified atom stereocenters. The molecule has 0 spiro atoms. The fraction of sp³-hybridized carbons (Fsp3) is 0.381. The van der Waals surface area contributed by atoms with E-state index in [2.05, 4.69) is 4.90 Å². The number of β-amino-alcohol motifs (C(OH)–C–C–N with tert-alkyl or cyclic N) is 1. The van der Waals surface area contributed by atoms with Crippen LogP contribution in [0.4, 0.5) is 0 Å². The lowest BCUT2D eigenvalue weighted by atomic mass is 10.0. The molecule has 5 heteroatoms. The molecule has 3 rings (SSSR count). The first kappa shape index (κ1) is 18.4. The van der Waals surface area contributed by atoms with Gasteiger partial charge in [-0.3, -0.25) is 9.69 Å². The number of hydrogen-bond donors (Lipinski definition) is 2. The molecule has 0 aliphatic carbocycles. The van der Waals surface area contributed by atoms with Gasteiger partial charge < -0.3 is 15.1 Å². The number of aliphatic hydroxyl groups is 1. The quantitative estimate of drug-likeness (QED) is 0.835. The molecule has 0 bridgehead atoms. The van der Waals surface area contributed by atoms with Crippen molar-refractivity contribution in [2.24, 2.45) is 0 Å². The summed E-state index contributed by atoms with van der Waals surface area (Å²) in [6, 6.07) is 16.7. The number of aromatic hydroxyl groups is 1. The molecule has 2 N–H and O–H groups in total. The Hall–Kier alpha value is -2.37. The monoisotopic (exact) mass is 354 g/mol. The SMILES string of the molecule is CN(C(=O)Cc1ccc(O)cc1)C(CN1CCC(O)C1)c1ccccc1. The summed E-state index contributed by atoms with van der Waals surface area (Å²) in [5, 5.41) is 19.2. The van der Waals surface area contributed by atoms with Gasteiger partial charge in [-0.15, -0.1) is 0 Å². The fourth-order valence-electron chi connectivity index (χ4n) is 3.44. The van der Waals surface area contributed by atoms with E-state index in [1.807, 2.05) is 37.4 Å². The highest BCUT2D eigenvalue weighted by molar-refractivity contribution is 5.79. The molecule has 5 nitrogen and oxygen atoms in total. The van der Waals surface area contributed by atoms with Crippen molar-refractivity contribution in [3.05, 3.63) is 65.7 Å². The summed E-state index contributed by atoms with van der Waals surface area (Å²) in [6.07, 6.45) is 0.805. The average molecular weight is 354 g/mol. The molecule has 138 valence electrons. The largest absolute Gasteiger partial charge is 0.508 e. The number of carbonyl (C=O) groups is 1. The zero-order chi connectivity index (χ0) is 18.5. The molecule has 0 radical (unpaired) electrons. The van der Waals surface area contributed by atoms with E-state index >= 15 is 0 Å². The lowest BCUT2D eigenvalue weighted by Crippen LogP contribution is -2.39. The van der Waals surface area contributed by atoms with Crippen molar-refractivity contribution in [1.82, 2.24) is 9.80 Å². The minimum Gasteiger partial charge on any atom is -0.508 e. The van der Waals surface area contributed by atoms with Crippen molar-refractivity contribution in [2.45, 2.75) is 25.0 Å². The number of benzene rings is 2. The second kappa shape index (κ2) is 8.34. The molecule has 1 saturated heterocycles. The van der Waals surface area contributed by atoms with Crippen molar-refractivity contribution >= 4 is 5.91 Å². The van der Waals surface area contributed by atoms with Gasteiger partial charge in [-0.1, -0.05) is 42.5 Å². The van der Waals surface area contributed by atoms with Crippen LogP contribution in [0.25, 0.3) is 0 Å². The molecule has 2 aromatic carbocycles. The first-order chi connectivity index (χ1) is 12.5. The molecular formula is C21H26N2O3. The maximum absolute atomic E-state index is 12.8. The lowest BCUT2D eigenvalue weighted by Gasteiger charge is -2.32. The van der Waals surface area contributed by atoms with E-state index in [1.165, 1.54) is 0 Å². The van der Waals surface area contributed by atoms with Crippen LogP contribution in [0.1, 0.15) is 23.6 Å². The predicted octanol–water partition coefficient (Wildman–Crippen LogP) is 2.20. The number of phenols is 1. The van der Waals surface area contributed by atoms with E-state index in [0.717, 1.165) is 24.1 Å². The van der Waals surface area contributed by atoms with Crippen LogP contribution in [0.5, 0.6) is 5.75 Å². The number of nitrogens with zero attached hydrogens (tertiary/aromatic N) is 2. The number of rotatable bonds is 6. The van der Waals surface area contributed by atoms with Crippen molar-refractivity contribution in [3.8, 4) is 5.75 Å². The van der Waals surface area contributed by atoms with Crippen LogP contribution in [-0.4, -0.2) is 58.7 Å². The Morgan fingerprint density at radius 1 is 1.19 bits per heavy atom. The Bertz CT molecular complexity index is 718.